The fourth-order valence-corrected chi connectivity index (χ4v) is 3.63. The van der Waals surface area contributed by atoms with Gasteiger partial charge in [-0.1, -0.05) is 19.4 Å². The Balaban J connectivity index is 1.87. The summed E-state index contributed by atoms with van der Waals surface area (Å²) in [6.45, 7) is 6.28. The van der Waals surface area contributed by atoms with Crippen molar-refractivity contribution in [3.63, 3.8) is 0 Å². The number of hydrogen-bond acceptors (Lipinski definition) is 6. The van der Waals surface area contributed by atoms with E-state index in [9.17, 15) is 0 Å². The molecule has 152 valence electrons. The molecule has 0 amide bonds. The van der Waals surface area contributed by atoms with Crippen LogP contribution in [0.3, 0.4) is 0 Å². The minimum atomic E-state index is 0.514. The van der Waals surface area contributed by atoms with Crippen LogP contribution in [0.25, 0.3) is 0 Å². The van der Waals surface area contributed by atoms with E-state index in [1.54, 1.807) is 7.11 Å². The maximum absolute atomic E-state index is 5.45. The average molecular weight is 384 g/mol. The fourth-order valence-electron chi connectivity index (χ4n) is 3.63. The first-order valence-corrected chi connectivity index (χ1v) is 10.3. The minimum Gasteiger partial charge on any atom is -0.496 e. The van der Waals surface area contributed by atoms with Crippen molar-refractivity contribution >= 4 is 17.5 Å². The molecule has 2 heterocycles. The number of hydrogen-bond donors (Lipinski definition) is 2. The third-order valence-corrected chi connectivity index (χ3v) is 5.37. The van der Waals surface area contributed by atoms with E-state index in [2.05, 4.69) is 28.5 Å². The molecular formula is C22H33N5O. The number of rotatable bonds is 8. The highest BCUT2D eigenvalue weighted by molar-refractivity contribution is 5.59. The summed E-state index contributed by atoms with van der Waals surface area (Å²) in [4.78, 5) is 12.0. The third kappa shape index (κ3) is 5.13. The zero-order chi connectivity index (χ0) is 19.9. The maximum atomic E-state index is 5.45. The molecule has 0 saturated carbocycles. The van der Waals surface area contributed by atoms with Crippen molar-refractivity contribution in [3.8, 4) is 5.75 Å². The van der Waals surface area contributed by atoms with Gasteiger partial charge in [-0.3, -0.25) is 0 Å². The van der Waals surface area contributed by atoms with Crippen LogP contribution in [0.4, 0.5) is 17.5 Å². The topological polar surface area (TPSA) is 62.3 Å². The average Bonchev–Trinajstić information content (AvgIpc) is 2.73. The Labute approximate surface area is 168 Å². The Hall–Kier alpha value is -2.34. The number of methoxy groups -OCH3 is 1. The van der Waals surface area contributed by atoms with Gasteiger partial charge in [0.2, 0.25) is 5.95 Å². The van der Waals surface area contributed by atoms with E-state index < -0.39 is 0 Å². The second kappa shape index (κ2) is 9.73. The molecule has 28 heavy (non-hydrogen) atoms. The normalized spacial score (nSPS) is 16.9. The molecular weight excluding hydrogens is 350 g/mol. The molecule has 1 fully saturated rings. The summed E-state index contributed by atoms with van der Waals surface area (Å²) >= 11 is 0. The van der Waals surface area contributed by atoms with Gasteiger partial charge >= 0.3 is 0 Å². The molecule has 1 aliphatic heterocycles. The van der Waals surface area contributed by atoms with Crippen molar-refractivity contribution in [1.82, 2.24) is 15.3 Å². The van der Waals surface area contributed by atoms with Crippen LogP contribution in [0, 0.1) is 6.92 Å². The van der Waals surface area contributed by atoms with E-state index in [0.717, 1.165) is 60.9 Å². The number of aromatic nitrogens is 2. The smallest absolute Gasteiger partial charge is 0.229 e. The van der Waals surface area contributed by atoms with Crippen LogP contribution in [-0.2, 0) is 6.42 Å². The zero-order valence-electron chi connectivity index (χ0n) is 17.6. The van der Waals surface area contributed by atoms with Gasteiger partial charge in [0.25, 0.3) is 0 Å². The van der Waals surface area contributed by atoms with Crippen LogP contribution >= 0.6 is 0 Å². The van der Waals surface area contributed by atoms with Gasteiger partial charge in [0, 0.05) is 42.6 Å². The molecule has 6 nitrogen and oxygen atoms in total. The predicted octanol–water partition coefficient (Wildman–Crippen LogP) is 4.07. The first-order valence-electron chi connectivity index (χ1n) is 10.3. The molecule has 0 bridgehead atoms. The summed E-state index contributed by atoms with van der Waals surface area (Å²) in [6.07, 6.45) is 5.66. The lowest BCUT2D eigenvalue weighted by Crippen LogP contribution is -2.44. The van der Waals surface area contributed by atoms with Crippen LogP contribution in [0.5, 0.6) is 5.75 Å². The highest BCUT2D eigenvalue weighted by Gasteiger charge is 2.20. The van der Waals surface area contributed by atoms with Crippen LogP contribution in [0.1, 0.15) is 43.9 Å². The molecule has 0 radical (unpaired) electrons. The standard InChI is InChI=1S/C22H33N5O/c1-5-6-8-17-14-21(27-12-7-9-19(15-27)23-3)26-22(24-17)25-18-11-10-16(2)20(13-18)28-4/h10-11,13-14,19,23H,5-9,12,15H2,1-4H3,(H,24,25,26). The van der Waals surface area contributed by atoms with E-state index in [4.69, 9.17) is 14.7 Å². The number of aryl methyl sites for hydroxylation is 2. The summed E-state index contributed by atoms with van der Waals surface area (Å²) in [6, 6.07) is 8.76. The summed E-state index contributed by atoms with van der Waals surface area (Å²) in [5.74, 6) is 2.53. The first-order chi connectivity index (χ1) is 13.6. The Morgan fingerprint density at radius 3 is 2.86 bits per heavy atom. The molecule has 1 saturated heterocycles. The SMILES string of the molecule is CCCCc1cc(N2CCCC(NC)C2)nc(Nc2ccc(C)c(OC)c2)n1. The molecule has 2 aromatic rings. The van der Waals surface area contributed by atoms with Crippen molar-refractivity contribution < 1.29 is 4.74 Å². The maximum Gasteiger partial charge on any atom is 0.229 e. The van der Waals surface area contributed by atoms with Crippen molar-refractivity contribution in [2.24, 2.45) is 0 Å². The minimum absolute atomic E-state index is 0.514. The second-order valence-electron chi connectivity index (χ2n) is 7.53. The Morgan fingerprint density at radius 1 is 1.25 bits per heavy atom. The number of benzene rings is 1. The Kier molecular flexibility index (Phi) is 7.09. The van der Waals surface area contributed by atoms with E-state index in [-0.39, 0.29) is 0 Å². The van der Waals surface area contributed by atoms with Crippen LogP contribution in [-0.4, -0.2) is 43.3 Å². The Bertz CT molecular complexity index is 780. The molecule has 1 unspecified atom stereocenters. The van der Waals surface area contributed by atoms with Gasteiger partial charge in [-0.2, -0.15) is 4.98 Å². The molecule has 1 atom stereocenters. The number of anilines is 3. The molecule has 3 rings (SSSR count). The molecule has 1 aliphatic rings. The molecule has 6 heteroatoms. The zero-order valence-corrected chi connectivity index (χ0v) is 17.6. The van der Waals surface area contributed by atoms with Gasteiger partial charge in [0.1, 0.15) is 11.6 Å². The lowest BCUT2D eigenvalue weighted by molar-refractivity contribution is 0.412. The summed E-state index contributed by atoms with van der Waals surface area (Å²) in [7, 11) is 3.74. The number of piperidine rings is 1. The molecule has 1 aromatic carbocycles. The predicted molar refractivity (Wildman–Crippen MR) is 116 cm³/mol. The second-order valence-corrected chi connectivity index (χ2v) is 7.53. The first kappa shape index (κ1) is 20.4. The van der Waals surface area contributed by atoms with Gasteiger partial charge in [-0.05, 0) is 51.3 Å². The lowest BCUT2D eigenvalue weighted by Gasteiger charge is -2.33. The molecule has 0 aliphatic carbocycles. The number of nitrogens with zero attached hydrogens (tertiary/aromatic N) is 3. The third-order valence-electron chi connectivity index (χ3n) is 5.37. The molecule has 2 N–H and O–H groups in total. The quantitative estimate of drug-likeness (QED) is 0.717. The summed E-state index contributed by atoms with van der Waals surface area (Å²) in [5, 5.41) is 6.79. The summed E-state index contributed by atoms with van der Waals surface area (Å²) in [5.41, 5.74) is 3.14. The van der Waals surface area contributed by atoms with Crippen LogP contribution < -0.4 is 20.3 Å². The van der Waals surface area contributed by atoms with Crippen molar-refractivity contribution in [2.75, 3.05) is 37.5 Å². The number of ether oxygens (including phenoxy) is 1. The number of unbranched alkanes of at least 4 members (excludes halogenated alkanes) is 1. The lowest BCUT2D eigenvalue weighted by atomic mass is 10.1. The highest BCUT2D eigenvalue weighted by atomic mass is 16.5. The fraction of sp³-hybridized carbons (Fsp3) is 0.545. The van der Waals surface area contributed by atoms with Crippen LogP contribution in [0.2, 0.25) is 0 Å². The molecule has 1 aromatic heterocycles. The van der Waals surface area contributed by atoms with Crippen molar-refractivity contribution in [2.45, 2.75) is 52.0 Å². The monoisotopic (exact) mass is 383 g/mol. The van der Waals surface area contributed by atoms with E-state index in [1.807, 2.05) is 32.2 Å². The number of nitrogens with one attached hydrogen (secondary N) is 2. The highest BCUT2D eigenvalue weighted by Crippen LogP contribution is 2.26. The number of likely N-dealkylation sites (N-methyl/N-ethyl adjacent to an activating group) is 1. The van der Waals surface area contributed by atoms with Gasteiger partial charge in [-0.25, -0.2) is 4.98 Å². The van der Waals surface area contributed by atoms with E-state index >= 15 is 0 Å². The van der Waals surface area contributed by atoms with Crippen molar-refractivity contribution in [1.29, 1.82) is 0 Å². The van der Waals surface area contributed by atoms with E-state index in [1.165, 1.54) is 12.8 Å². The van der Waals surface area contributed by atoms with Gasteiger partial charge < -0.3 is 20.3 Å². The van der Waals surface area contributed by atoms with Gasteiger partial charge in [-0.15, -0.1) is 0 Å². The van der Waals surface area contributed by atoms with Gasteiger partial charge in [0.05, 0.1) is 7.11 Å². The Morgan fingerprint density at radius 2 is 2.11 bits per heavy atom. The van der Waals surface area contributed by atoms with E-state index in [0.29, 0.717) is 12.0 Å². The van der Waals surface area contributed by atoms with Gasteiger partial charge in [0.15, 0.2) is 0 Å². The molecule has 0 spiro atoms. The van der Waals surface area contributed by atoms with Crippen LogP contribution in [0.15, 0.2) is 24.3 Å². The summed E-state index contributed by atoms with van der Waals surface area (Å²) < 4.78 is 5.45. The largest absolute Gasteiger partial charge is 0.496 e. The van der Waals surface area contributed by atoms with Crippen molar-refractivity contribution in [3.05, 3.63) is 35.5 Å².